The monoisotopic (exact) mass is 243 g/mol. The van der Waals surface area contributed by atoms with Crippen LogP contribution in [0, 0.1) is 0 Å². The van der Waals surface area contributed by atoms with Crippen molar-refractivity contribution in [2.24, 2.45) is 0 Å². The molecule has 2 aliphatic rings. The number of hydrogen-bond donors (Lipinski definition) is 1. The second-order valence-corrected chi connectivity index (χ2v) is 5.50. The van der Waals surface area contributed by atoms with Crippen molar-refractivity contribution in [1.82, 2.24) is 4.90 Å². The Morgan fingerprint density at radius 3 is 2.88 bits per heavy atom. The van der Waals surface area contributed by atoms with Crippen molar-refractivity contribution < 1.29 is 19.4 Å². The Balaban J connectivity index is 1.81. The van der Waals surface area contributed by atoms with Gasteiger partial charge in [0.1, 0.15) is 0 Å². The van der Waals surface area contributed by atoms with Gasteiger partial charge in [-0.2, -0.15) is 0 Å². The average Bonchev–Trinajstić information content (AvgIpc) is 2.58. The summed E-state index contributed by atoms with van der Waals surface area (Å²) in [6.45, 7) is 6.78. The number of morpholine rings is 1. The second kappa shape index (κ2) is 4.92. The highest BCUT2D eigenvalue weighted by atomic mass is 16.5. The lowest BCUT2D eigenvalue weighted by atomic mass is 10.1. The van der Waals surface area contributed by atoms with Crippen molar-refractivity contribution in [2.45, 2.75) is 44.5 Å². The Labute approximate surface area is 102 Å². The molecule has 0 aromatic rings. The maximum atomic E-state index is 10.9. The van der Waals surface area contributed by atoms with Crippen LogP contribution >= 0.6 is 0 Å². The molecule has 2 fully saturated rings. The van der Waals surface area contributed by atoms with Crippen LogP contribution in [0.2, 0.25) is 0 Å². The Morgan fingerprint density at radius 2 is 2.29 bits per heavy atom. The molecule has 98 valence electrons. The molecule has 5 nitrogen and oxygen atoms in total. The Bertz CT molecular complexity index is 292. The Morgan fingerprint density at radius 1 is 1.53 bits per heavy atom. The Kier molecular flexibility index (Phi) is 3.70. The third-order valence-electron chi connectivity index (χ3n) is 3.44. The van der Waals surface area contributed by atoms with Crippen LogP contribution in [-0.2, 0) is 14.3 Å². The fraction of sp³-hybridized carbons (Fsp3) is 0.917. The molecule has 2 aliphatic heterocycles. The van der Waals surface area contributed by atoms with Gasteiger partial charge in [0.25, 0.3) is 0 Å². The number of rotatable bonds is 3. The minimum absolute atomic E-state index is 0.0246. The van der Waals surface area contributed by atoms with Gasteiger partial charge in [-0.3, -0.25) is 4.90 Å². The van der Waals surface area contributed by atoms with Gasteiger partial charge in [-0.15, -0.1) is 0 Å². The largest absolute Gasteiger partial charge is 0.479 e. The fourth-order valence-corrected chi connectivity index (χ4v) is 2.51. The molecule has 2 rings (SSSR count). The first-order valence-corrected chi connectivity index (χ1v) is 6.21. The highest BCUT2D eigenvalue weighted by molar-refractivity contribution is 5.72. The van der Waals surface area contributed by atoms with Gasteiger partial charge >= 0.3 is 5.97 Å². The SMILES string of the molecule is CC1(C)CCC(CN2CCOC(C(=O)O)C2)O1. The molecule has 0 saturated carbocycles. The normalized spacial score (nSPS) is 33.8. The summed E-state index contributed by atoms with van der Waals surface area (Å²) < 4.78 is 11.1. The molecule has 0 aromatic heterocycles. The van der Waals surface area contributed by atoms with E-state index in [-0.39, 0.29) is 11.7 Å². The second-order valence-electron chi connectivity index (χ2n) is 5.50. The molecular weight excluding hydrogens is 222 g/mol. The molecule has 0 spiro atoms. The zero-order valence-corrected chi connectivity index (χ0v) is 10.5. The first-order valence-electron chi connectivity index (χ1n) is 6.21. The van der Waals surface area contributed by atoms with Crippen molar-refractivity contribution in [3.05, 3.63) is 0 Å². The molecule has 0 bridgehead atoms. The predicted octanol–water partition coefficient (Wildman–Crippen LogP) is 0.729. The van der Waals surface area contributed by atoms with E-state index in [1.165, 1.54) is 0 Å². The lowest BCUT2D eigenvalue weighted by Gasteiger charge is -2.32. The number of nitrogens with zero attached hydrogens (tertiary/aromatic N) is 1. The lowest BCUT2D eigenvalue weighted by molar-refractivity contribution is -0.157. The molecule has 5 heteroatoms. The average molecular weight is 243 g/mol. The maximum absolute atomic E-state index is 10.9. The van der Waals surface area contributed by atoms with Crippen LogP contribution in [0.15, 0.2) is 0 Å². The van der Waals surface area contributed by atoms with Gasteiger partial charge in [0, 0.05) is 19.6 Å². The molecule has 2 atom stereocenters. The Hall–Kier alpha value is -0.650. The van der Waals surface area contributed by atoms with Crippen molar-refractivity contribution in [2.75, 3.05) is 26.2 Å². The summed E-state index contributed by atoms with van der Waals surface area (Å²) in [5.41, 5.74) is -0.0246. The first kappa shape index (κ1) is 12.8. The van der Waals surface area contributed by atoms with Crippen molar-refractivity contribution in [3.8, 4) is 0 Å². The van der Waals surface area contributed by atoms with Crippen molar-refractivity contribution in [3.63, 3.8) is 0 Å². The zero-order valence-electron chi connectivity index (χ0n) is 10.5. The molecule has 0 radical (unpaired) electrons. The van der Waals surface area contributed by atoms with E-state index in [9.17, 15) is 4.79 Å². The quantitative estimate of drug-likeness (QED) is 0.792. The zero-order chi connectivity index (χ0) is 12.5. The van der Waals surface area contributed by atoms with Gasteiger partial charge < -0.3 is 14.6 Å². The number of carboxylic acids is 1. The van der Waals surface area contributed by atoms with Gasteiger partial charge in [-0.05, 0) is 26.7 Å². The van der Waals surface area contributed by atoms with E-state index in [1.54, 1.807) is 0 Å². The molecule has 0 amide bonds. The summed E-state index contributed by atoms with van der Waals surface area (Å²) in [6, 6.07) is 0. The maximum Gasteiger partial charge on any atom is 0.334 e. The van der Waals surface area contributed by atoms with Gasteiger partial charge in [-0.25, -0.2) is 4.79 Å². The fourth-order valence-electron chi connectivity index (χ4n) is 2.51. The van der Waals surface area contributed by atoms with Gasteiger partial charge in [0.2, 0.25) is 0 Å². The third-order valence-corrected chi connectivity index (χ3v) is 3.44. The smallest absolute Gasteiger partial charge is 0.334 e. The molecule has 2 heterocycles. The summed E-state index contributed by atoms with van der Waals surface area (Å²) in [4.78, 5) is 13.0. The van der Waals surface area contributed by atoms with Gasteiger partial charge in [0.15, 0.2) is 6.10 Å². The van der Waals surface area contributed by atoms with Crippen molar-refractivity contribution in [1.29, 1.82) is 0 Å². The standard InChI is InChI=1S/C12H21NO4/c1-12(2)4-3-9(17-12)7-13-5-6-16-10(8-13)11(14)15/h9-10H,3-8H2,1-2H3,(H,14,15). The van der Waals surface area contributed by atoms with Crippen LogP contribution in [-0.4, -0.2) is 60.0 Å². The predicted molar refractivity (Wildman–Crippen MR) is 62.0 cm³/mol. The molecule has 17 heavy (non-hydrogen) atoms. The van der Waals surface area contributed by atoms with Crippen molar-refractivity contribution >= 4 is 5.97 Å². The third kappa shape index (κ3) is 3.40. The highest BCUT2D eigenvalue weighted by Gasteiger charge is 2.34. The summed E-state index contributed by atoms with van der Waals surface area (Å²) >= 11 is 0. The van der Waals surface area contributed by atoms with Crippen LogP contribution in [0.1, 0.15) is 26.7 Å². The molecule has 0 aliphatic carbocycles. The summed E-state index contributed by atoms with van der Waals surface area (Å²) in [6.07, 6.45) is 1.68. The number of carboxylic acid groups (broad SMARTS) is 1. The van der Waals surface area contributed by atoms with Gasteiger partial charge in [-0.1, -0.05) is 0 Å². The van der Waals surface area contributed by atoms with Crippen LogP contribution in [0.5, 0.6) is 0 Å². The van der Waals surface area contributed by atoms with Crippen LogP contribution in [0.25, 0.3) is 0 Å². The number of ether oxygens (including phenoxy) is 2. The lowest BCUT2D eigenvalue weighted by Crippen LogP contribution is -2.48. The van der Waals surface area contributed by atoms with Gasteiger partial charge in [0.05, 0.1) is 18.3 Å². The molecule has 1 N–H and O–H groups in total. The number of hydrogen-bond acceptors (Lipinski definition) is 4. The summed E-state index contributed by atoms with van der Waals surface area (Å²) in [5, 5.41) is 8.92. The van der Waals surface area contributed by atoms with E-state index in [0.29, 0.717) is 13.2 Å². The summed E-state index contributed by atoms with van der Waals surface area (Å²) in [7, 11) is 0. The van der Waals surface area contributed by atoms with E-state index in [0.717, 1.165) is 25.9 Å². The van der Waals surface area contributed by atoms with E-state index in [1.807, 2.05) is 0 Å². The van der Waals surface area contributed by atoms with E-state index >= 15 is 0 Å². The van der Waals surface area contributed by atoms with E-state index in [2.05, 4.69) is 18.7 Å². The number of carbonyl (C=O) groups is 1. The molecule has 2 unspecified atom stereocenters. The highest BCUT2D eigenvalue weighted by Crippen LogP contribution is 2.29. The minimum Gasteiger partial charge on any atom is -0.479 e. The first-order chi connectivity index (χ1) is 7.96. The minimum atomic E-state index is -0.873. The topological polar surface area (TPSA) is 59.0 Å². The molecule has 2 saturated heterocycles. The molecule has 0 aromatic carbocycles. The van der Waals surface area contributed by atoms with E-state index in [4.69, 9.17) is 14.6 Å². The molecular formula is C12H21NO4. The summed E-state index contributed by atoms with van der Waals surface area (Å²) in [5.74, 6) is -0.873. The van der Waals surface area contributed by atoms with Crippen LogP contribution in [0.3, 0.4) is 0 Å². The number of aliphatic carboxylic acids is 1. The van der Waals surface area contributed by atoms with Crippen LogP contribution in [0.4, 0.5) is 0 Å². The van der Waals surface area contributed by atoms with Crippen LogP contribution < -0.4 is 0 Å². The van der Waals surface area contributed by atoms with E-state index < -0.39 is 12.1 Å².